The van der Waals surface area contributed by atoms with Gasteiger partial charge < -0.3 is 5.32 Å². The predicted molar refractivity (Wildman–Crippen MR) is 96.2 cm³/mol. The highest BCUT2D eigenvalue weighted by Crippen LogP contribution is 2.28. The molecule has 0 saturated heterocycles. The maximum absolute atomic E-state index is 13.7. The van der Waals surface area contributed by atoms with Crippen LogP contribution in [0, 0.1) is 5.82 Å². The van der Waals surface area contributed by atoms with Gasteiger partial charge in [0.05, 0.1) is 18.3 Å². The van der Waals surface area contributed by atoms with Crippen molar-refractivity contribution in [1.29, 1.82) is 0 Å². The minimum atomic E-state index is -0.204. The molecular formula is C18H20FN5S. The number of nitrogens with one attached hydrogen (secondary N) is 1. The quantitative estimate of drug-likeness (QED) is 0.719. The molecule has 4 rings (SSSR count). The highest BCUT2D eigenvalue weighted by Gasteiger charge is 2.17. The molecule has 0 atom stereocenters. The van der Waals surface area contributed by atoms with Crippen molar-refractivity contribution in [3.63, 3.8) is 0 Å². The fourth-order valence-corrected chi connectivity index (χ4v) is 3.97. The zero-order valence-corrected chi connectivity index (χ0v) is 14.7. The molecule has 1 aliphatic rings. The molecule has 1 N–H and O–H groups in total. The number of hydrogen-bond acceptors (Lipinski definition) is 5. The first kappa shape index (κ1) is 16.2. The molecule has 3 aromatic rings. The molecule has 1 saturated carbocycles. The van der Waals surface area contributed by atoms with Crippen LogP contribution in [0.1, 0.15) is 48.0 Å². The van der Waals surface area contributed by atoms with Crippen LogP contribution in [0.15, 0.2) is 36.5 Å². The molecule has 130 valence electrons. The fourth-order valence-electron chi connectivity index (χ4n) is 3.21. The van der Waals surface area contributed by atoms with Crippen molar-refractivity contribution in [1.82, 2.24) is 20.0 Å². The van der Waals surface area contributed by atoms with Crippen molar-refractivity contribution >= 4 is 16.5 Å². The van der Waals surface area contributed by atoms with E-state index < -0.39 is 0 Å². The number of anilines is 1. The molecule has 2 heterocycles. The second kappa shape index (κ2) is 7.31. The number of rotatable bonds is 6. The normalized spacial score (nSPS) is 14.9. The molecule has 1 aliphatic carbocycles. The second-order valence-electron chi connectivity index (χ2n) is 6.35. The highest BCUT2D eigenvalue weighted by molar-refractivity contribution is 7.15. The summed E-state index contributed by atoms with van der Waals surface area (Å²) in [6.45, 7) is 0.619. The van der Waals surface area contributed by atoms with Gasteiger partial charge >= 0.3 is 0 Å². The SMILES string of the molecule is Fc1ccccc1Cc1nnc(NCc2ccn(C3CCCC3)n2)s1. The maximum atomic E-state index is 13.7. The van der Waals surface area contributed by atoms with Crippen LogP contribution in [0.3, 0.4) is 0 Å². The van der Waals surface area contributed by atoms with E-state index in [1.54, 1.807) is 12.1 Å². The first-order valence-electron chi connectivity index (χ1n) is 8.61. The van der Waals surface area contributed by atoms with E-state index in [9.17, 15) is 4.39 Å². The zero-order valence-electron chi connectivity index (χ0n) is 13.9. The average Bonchev–Trinajstić information content (AvgIpc) is 3.37. The molecule has 1 fully saturated rings. The summed E-state index contributed by atoms with van der Waals surface area (Å²) in [5.74, 6) is -0.204. The molecule has 1 aromatic carbocycles. The lowest BCUT2D eigenvalue weighted by Gasteiger charge is -2.08. The van der Waals surface area contributed by atoms with E-state index in [1.165, 1.54) is 43.1 Å². The van der Waals surface area contributed by atoms with Crippen LogP contribution < -0.4 is 5.32 Å². The third-order valence-electron chi connectivity index (χ3n) is 4.55. The van der Waals surface area contributed by atoms with Crippen molar-refractivity contribution in [2.24, 2.45) is 0 Å². The molecule has 7 heteroatoms. The Kier molecular flexibility index (Phi) is 4.74. The predicted octanol–water partition coefficient (Wildman–Crippen LogP) is 4.19. The minimum Gasteiger partial charge on any atom is -0.354 e. The van der Waals surface area contributed by atoms with E-state index in [0.717, 1.165) is 15.8 Å². The molecular weight excluding hydrogens is 337 g/mol. The molecule has 0 aliphatic heterocycles. The summed E-state index contributed by atoms with van der Waals surface area (Å²) in [6, 6.07) is 9.38. The lowest BCUT2D eigenvalue weighted by molar-refractivity contribution is 0.463. The smallest absolute Gasteiger partial charge is 0.206 e. The molecule has 25 heavy (non-hydrogen) atoms. The monoisotopic (exact) mass is 357 g/mol. The van der Waals surface area contributed by atoms with Gasteiger partial charge in [-0.15, -0.1) is 10.2 Å². The van der Waals surface area contributed by atoms with E-state index in [2.05, 4.69) is 31.5 Å². The number of aromatic nitrogens is 4. The van der Waals surface area contributed by atoms with Crippen molar-refractivity contribution in [2.45, 2.75) is 44.7 Å². The van der Waals surface area contributed by atoms with Gasteiger partial charge in [-0.25, -0.2) is 4.39 Å². The van der Waals surface area contributed by atoms with Crippen molar-refractivity contribution in [3.8, 4) is 0 Å². The molecule has 5 nitrogen and oxygen atoms in total. The summed E-state index contributed by atoms with van der Waals surface area (Å²) in [5, 5.41) is 17.7. The summed E-state index contributed by atoms with van der Waals surface area (Å²) in [7, 11) is 0. The Morgan fingerprint density at radius 2 is 2.00 bits per heavy atom. The fraction of sp³-hybridized carbons (Fsp3) is 0.389. The lowest BCUT2D eigenvalue weighted by Crippen LogP contribution is -2.07. The van der Waals surface area contributed by atoms with Gasteiger partial charge in [-0.05, 0) is 30.5 Å². The summed E-state index contributed by atoms with van der Waals surface area (Å²) >= 11 is 1.45. The van der Waals surface area contributed by atoms with Gasteiger partial charge in [-0.2, -0.15) is 5.10 Å². The first-order valence-corrected chi connectivity index (χ1v) is 9.43. The molecule has 0 bridgehead atoms. The van der Waals surface area contributed by atoms with Crippen molar-refractivity contribution in [2.75, 3.05) is 5.32 Å². The Balaban J connectivity index is 1.34. The van der Waals surface area contributed by atoms with Crippen LogP contribution in [0.2, 0.25) is 0 Å². The van der Waals surface area contributed by atoms with E-state index in [0.29, 0.717) is 24.6 Å². The van der Waals surface area contributed by atoms with E-state index >= 15 is 0 Å². The summed E-state index contributed by atoms with van der Waals surface area (Å²) < 4.78 is 15.8. The van der Waals surface area contributed by atoms with Crippen LogP contribution in [0.5, 0.6) is 0 Å². The number of hydrogen-bond donors (Lipinski definition) is 1. The third kappa shape index (κ3) is 3.87. The third-order valence-corrected chi connectivity index (χ3v) is 5.43. The second-order valence-corrected chi connectivity index (χ2v) is 7.41. The lowest BCUT2D eigenvalue weighted by atomic mass is 10.1. The van der Waals surface area contributed by atoms with Gasteiger partial charge in [0.2, 0.25) is 5.13 Å². The van der Waals surface area contributed by atoms with Crippen LogP contribution in [0.25, 0.3) is 0 Å². The topological polar surface area (TPSA) is 55.6 Å². The molecule has 0 radical (unpaired) electrons. The van der Waals surface area contributed by atoms with Gasteiger partial charge in [-0.3, -0.25) is 4.68 Å². The Bertz CT molecular complexity index is 837. The summed E-state index contributed by atoms with van der Waals surface area (Å²) in [5.41, 5.74) is 1.64. The average molecular weight is 357 g/mol. The Labute approximate surface area is 149 Å². The van der Waals surface area contributed by atoms with Gasteiger partial charge in [0.1, 0.15) is 10.8 Å². The molecule has 0 amide bonds. The molecule has 0 spiro atoms. The van der Waals surface area contributed by atoms with Gasteiger partial charge in [0.25, 0.3) is 0 Å². The van der Waals surface area contributed by atoms with Crippen LogP contribution >= 0.6 is 11.3 Å². The largest absolute Gasteiger partial charge is 0.354 e. The first-order chi connectivity index (χ1) is 12.3. The highest BCUT2D eigenvalue weighted by atomic mass is 32.1. The summed E-state index contributed by atoms with van der Waals surface area (Å²) in [6.07, 6.45) is 7.58. The number of nitrogens with zero attached hydrogens (tertiary/aromatic N) is 4. The Hall–Kier alpha value is -2.28. The molecule has 0 unspecified atom stereocenters. The zero-order chi connectivity index (χ0) is 17.1. The standard InChI is InChI=1S/C18H20FN5S/c19-16-8-4-1-5-13(16)11-17-21-22-18(25-17)20-12-14-9-10-24(23-14)15-6-2-3-7-15/h1,4-5,8-10,15H,2-3,6-7,11-12H2,(H,20,22). The van der Waals surface area contributed by atoms with E-state index in [1.807, 2.05) is 12.1 Å². The van der Waals surface area contributed by atoms with Gasteiger partial charge in [-0.1, -0.05) is 42.4 Å². The van der Waals surface area contributed by atoms with Gasteiger partial charge in [0.15, 0.2) is 0 Å². The summed E-state index contributed by atoms with van der Waals surface area (Å²) in [4.78, 5) is 0. The molecule has 2 aromatic heterocycles. The van der Waals surface area contributed by atoms with Crippen molar-refractivity contribution in [3.05, 3.63) is 58.6 Å². The Morgan fingerprint density at radius 1 is 1.16 bits per heavy atom. The van der Waals surface area contributed by atoms with E-state index in [-0.39, 0.29) is 5.82 Å². The minimum absolute atomic E-state index is 0.204. The number of halogens is 1. The van der Waals surface area contributed by atoms with Crippen LogP contribution in [0.4, 0.5) is 9.52 Å². The number of benzene rings is 1. The van der Waals surface area contributed by atoms with Gasteiger partial charge in [0, 0.05) is 12.6 Å². The maximum Gasteiger partial charge on any atom is 0.206 e. The van der Waals surface area contributed by atoms with Crippen LogP contribution in [-0.4, -0.2) is 20.0 Å². The van der Waals surface area contributed by atoms with E-state index in [4.69, 9.17) is 0 Å². The van der Waals surface area contributed by atoms with Crippen molar-refractivity contribution < 1.29 is 4.39 Å². The Morgan fingerprint density at radius 3 is 2.84 bits per heavy atom. The van der Waals surface area contributed by atoms with Crippen LogP contribution in [-0.2, 0) is 13.0 Å².